The zero-order chi connectivity index (χ0) is 20.1. The molecule has 0 bridgehead atoms. The molecule has 4 heterocycles. The lowest BCUT2D eigenvalue weighted by molar-refractivity contribution is -0.626. The molecule has 1 N–H and O–H groups in total. The van der Waals surface area contributed by atoms with Gasteiger partial charge in [0.1, 0.15) is 11.1 Å². The van der Waals surface area contributed by atoms with E-state index in [9.17, 15) is 4.91 Å². The molecule has 0 saturated carbocycles. The van der Waals surface area contributed by atoms with Crippen molar-refractivity contribution in [2.45, 2.75) is 56.2 Å². The smallest absolute Gasteiger partial charge is 0.289 e. The summed E-state index contributed by atoms with van der Waals surface area (Å²) in [6, 6.07) is 10.3. The highest BCUT2D eigenvalue weighted by atomic mass is 32.2. The van der Waals surface area contributed by atoms with Gasteiger partial charge in [0.25, 0.3) is 6.17 Å². The molecule has 0 spiro atoms. The van der Waals surface area contributed by atoms with Crippen molar-refractivity contribution in [3.05, 3.63) is 59.2 Å². The Hall–Kier alpha value is -2.19. The second-order valence-corrected chi connectivity index (χ2v) is 9.67. The standard InChI is InChI=1S/C21H26N5O2S/c1-12-13(2)29-21-18(12)19(15-7-5-4-6-8-15)23-16(11-17-22-9-10-28-17)20-24-26(27)14(3)25(20)21/h4-10,12-14,16,18,20-21H,11H2,1-3H3,(H,24,27)/q+1/t12?,13?,14?,16-,18?,20?,21?/m0/s1. The van der Waals surface area contributed by atoms with Crippen LogP contribution in [-0.4, -0.2) is 49.5 Å². The van der Waals surface area contributed by atoms with Crippen molar-refractivity contribution >= 4 is 17.5 Å². The fourth-order valence-corrected chi connectivity index (χ4v) is 6.69. The molecule has 2 aromatic rings. The summed E-state index contributed by atoms with van der Waals surface area (Å²) < 4.78 is 5.53. The second kappa shape index (κ2) is 7.25. The van der Waals surface area contributed by atoms with Gasteiger partial charge in [0.15, 0.2) is 12.1 Å². The van der Waals surface area contributed by atoms with E-state index in [-0.39, 0.29) is 29.7 Å². The Kier molecular flexibility index (Phi) is 4.70. The van der Waals surface area contributed by atoms with Crippen molar-refractivity contribution in [2.75, 3.05) is 0 Å². The van der Waals surface area contributed by atoms with Gasteiger partial charge in [-0.15, -0.1) is 17.2 Å². The summed E-state index contributed by atoms with van der Waals surface area (Å²) in [4.78, 5) is 25.5. The summed E-state index contributed by atoms with van der Waals surface area (Å²) in [7, 11) is 0. The van der Waals surface area contributed by atoms with Gasteiger partial charge in [-0.2, -0.15) is 4.90 Å². The molecule has 3 aliphatic heterocycles. The van der Waals surface area contributed by atoms with Crippen LogP contribution in [0, 0.1) is 16.7 Å². The van der Waals surface area contributed by atoms with E-state index in [1.807, 2.05) is 24.8 Å². The van der Waals surface area contributed by atoms with E-state index in [4.69, 9.17) is 9.41 Å². The minimum atomic E-state index is -0.255. The lowest BCUT2D eigenvalue weighted by Gasteiger charge is -2.30. The van der Waals surface area contributed by atoms with Crippen LogP contribution in [0.25, 0.3) is 0 Å². The number of rotatable bonds is 3. The van der Waals surface area contributed by atoms with Crippen molar-refractivity contribution in [1.29, 1.82) is 0 Å². The SMILES string of the molecule is CC1SC2C(C(c3ccccc3)=N[C@@H](Cc3ncco3)C3N[N+](=O)C(C)N23)C1C. The number of oxazole rings is 1. The minimum Gasteiger partial charge on any atom is -0.449 e. The predicted octanol–water partition coefficient (Wildman–Crippen LogP) is 3.07. The fraction of sp³-hybridized carbons (Fsp3) is 0.524. The number of hydrogen-bond donors (Lipinski definition) is 1. The predicted molar refractivity (Wildman–Crippen MR) is 112 cm³/mol. The maximum Gasteiger partial charge on any atom is 0.289 e. The molecule has 29 heavy (non-hydrogen) atoms. The summed E-state index contributed by atoms with van der Waals surface area (Å²) >= 11 is 1.96. The van der Waals surface area contributed by atoms with Crippen LogP contribution in [0.4, 0.5) is 0 Å². The van der Waals surface area contributed by atoms with Crippen molar-refractivity contribution in [1.82, 2.24) is 15.3 Å². The van der Waals surface area contributed by atoms with E-state index in [0.717, 1.165) is 16.1 Å². The quantitative estimate of drug-likeness (QED) is 0.781. The van der Waals surface area contributed by atoms with Gasteiger partial charge in [-0.05, 0) is 11.5 Å². The molecule has 3 aliphatic rings. The molecular weight excluding hydrogens is 386 g/mol. The van der Waals surface area contributed by atoms with Crippen LogP contribution in [0.5, 0.6) is 0 Å². The molecule has 152 valence electrons. The number of hydrogen-bond acceptors (Lipinski definition) is 6. The Bertz CT molecular complexity index is 918. The average Bonchev–Trinajstić information content (AvgIpc) is 3.38. The van der Waals surface area contributed by atoms with Gasteiger partial charge >= 0.3 is 0 Å². The van der Waals surface area contributed by atoms with E-state index in [2.05, 4.69) is 53.4 Å². The number of fused-ring (bicyclic) bond motifs is 3. The maximum absolute atomic E-state index is 12.6. The normalized spacial score (nSPS) is 36.9. The van der Waals surface area contributed by atoms with Crippen LogP contribution in [0.2, 0.25) is 0 Å². The summed E-state index contributed by atoms with van der Waals surface area (Å²) in [6.07, 6.45) is 3.35. The van der Waals surface area contributed by atoms with E-state index < -0.39 is 0 Å². The lowest BCUT2D eigenvalue weighted by Crippen LogP contribution is -2.50. The molecule has 8 heteroatoms. The van der Waals surface area contributed by atoms with E-state index >= 15 is 0 Å². The van der Waals surface area contributed by atoms with E-state index in [1.165, 1.54) is 0 Å². The number of nitroso groups, excluding NO2 is 1. The molecule has 2 saturated heterocycles. The minimum absolute atomic E-state index is 0.168. The van der Waals surface area contributed by atoms with Gasteiger partial charge in [-0.25, -0.2) is 4.98 Å². The first-order chi connectivity index (χ1) is 14.0. The first-order valence-corrected chi connectivity index (χ1v) is 11.2. The summed E-state index contributed by atoms with van der Waals surface area (Å²) in [5.41, 5.74) is 5.43. The number of aliphatic imine (C=N–C) groups is 1. The van der Waals surface area contributed by atoms with Crippen LogP contribution >= 0.6 is 11.8 Å². The van der Waals surface area contributed by atoms with E-state index in [1.54, 1.807) is 12.5 Å². The highest BCUT2D eigenvalue weighted by molar-refractivity contribution is 8.00. The number of aromatic nitrogens is 1. The number of nitrogens with one attached hydrogen (secondary N) is 1. The van der Waals surface area contributed by atoms with Gasteiger partial charge in [0, 0.05) is 23.8 Å². The molecule has 6 unspecified atom stereocenters. The highest BCUT2D eigenvalue weighted by Crippen LogP contribution is 2.49. The summed E-state index contributed by atoms with van der Waals surface area (Å²) in [6.45, 7) is 6.57. The maximum atomic E-state index is 12.6. The molecule has 1 aromatic heterocycles. The third-order valence-electron chi connectivity index (χ3n) is 6.54. The topological polar surface area (TPSA) is 73.7 Å². The van der Waals surface area contributed by atoms with Crippen molar-refractivity contribution in [3.8, 4) is 0 Å². The molecular formula is C21H26N5O2S+. The Morgan fingerprint density at radius 1 is 1.24 bits per heavy atom. The second-order valence-electron chi connectivity index (χ2n) is 8.17. The first kappa shape index (κ1) is 18.8. The number of hydrazine groups is 1. The molecule has 7 atom stereocenters. The monoisotopic (exact) mass is 412 g/mol. The van der Waals surface area contributed by atoms with Crippen LogP contribution in [0.3, 0.4) is 0 Å². The zero-order valence-electron chi connectivity index (χ0n) is 16.8. The van der Waals surface area contributed by atoms with Crippen LogP contribution in [-0.2, 0) is 6.42 Å². The van der Waals surface area contributed by atoms with Gasteiger partial charge in [-0.1, -0.05) is 44.2 Å². The zero-order valence-corrected chi connectivity index (χ0v) is 17.6. The molecule has 0 amide bonds. The molecule has 2 fully saturated rings. The van der Waals surface area contributed by atoms with Crippen molar-refractivity contribution in [2.24, 2.45) is 16.8 Å². The Labute approximate surface area is 174 Å². The number of benzene rings is 1. The largest absolute Gasteiger partial charge is 0.449 e. The highest BCUT2D eigenvalue weighted by Gasteiger charge is 2.58. The molecule has 7 nitrogen and oxygen atoms in total. The van der Waals surface area contributed by atoms with Crippen LogP contribution in [0.1, 0.15) is 32.2 Å². The molecule has 0 radical (unpaired) electrons. The Balaban J connectivity index is 1.65. The molecule has 1 aromatic carbocycles. The Morgan fingerprint density at radius 2 is 2.03 bits per heavy atom. The van der Waals surface area contributed by atoms with Gasteiger partial charge in [-0.3, -0.25) is 4.99 Å². The van der Waals surface area contributed by atoms with Gasteiger partial charge < -0.3 is 4.42 Å². The number of thioether (sulfide) groups is 1. The summed E-state index contributed by atoms with van der Waals surface area (Å²) in [5, 5.41) is 0.690. The van der Waals surface area contributed by atoms with Crippen molar-refractivity contribution in [3.63, 3.8) is 0 Å². The third kappa shape index (κ3) is 3.09. The fourth-order valence-electron chi connectivity index (χ4n) is 4.84. The summed E-state index contributed by atoms with van der Waals surface area (Å²) in [5.74, 6) is 1.36. The van der Waals surface area contributed by atoms with Crippen LogP contribution in [0.15, 0.2) is 52.2 Å². The molecule has 5 rings (SSSR count). The van der Waals surface area contributed by atoms with Gasteiger partial charge in [0.2, 0.25) is 0 Å². The van der Waals surface area contributed by atoms with Gasteiger partial charge in [0.05, 0.1) is 28.9 Å². The van der Waals surface area contributed by atoms with Crippen LogP contribution < -0.4 is 5.43 Å². The number of nitrogens with zero attached hydrogens (tertiary/aromatic N) is 4. The lowest BCUT2D eigenvalue weighted by atomic mass is 9.84. The average molecular weight is 413 g/mol. The van der Waals surface area contributed by atoms with Crippen molar-refractivity contribution < 1.29 is 9.29 Å². The molecule has 0 aliphatic carbocycles. The van der Waals surface area contributed by atoms with E-state index in [0.29, 0.717) is 23.5 Å². The first-order valence-electron chi connectivity index (χ1n) is 10.2. The third-order valence-corrected chi connectivity index (χ3v) is 8.21. The Morgan fingerprint density at radius 3 is 2.76 bits per heavy atom.